The molecule has 0 bridgehead atoms. The van der Waals surface area contributed by atoms with Crippen LogP contribution in [0.2, 0.25) is 0 Å². The van der Waals surface area contributed by atoms with Crippen LogP contribution < -0.4 is 10.6 Å². The van der Waals surface area contributed by atoms with Crippen molar-refractivity contribution in [2.45, 2.75) is 32.2 Å². The smallest absolute Gasteiger partial charge is 0.314 e. The Morgan fingerprint density at radius 2 is 2.06 bits per heavy atom. The van der Waals surface area contributed by atoms with E-state index in [0.29, 0.717) is 13.0 Å². The summed E-state index contributed by atoms with van der Waals surface area (Å²) in [5, 5.41) is 14.2. The van der Waals surface area contributed by atoms with Gasteiger partial charge in [0.2, 0.25) is 0 Å². The maximum Gasteiger partial charge on any atom is 0.314 e. The van der Waals surface area contributed by atoms with Gasteiger partial charge in [0.15, 0.2) is 0 Å². The van der Waals surface area contributed by atoms with Crippen LogP contribution in [-0.4, -0.2) is 30.3 Å². The number of nitrogens with one attached hydrogen (secondary N) is 2. The standard InChI is InChI=1S/C14H22N2O2/c1-12(16-14(18)15-10-5-11-17)8-9-13-6-3-2-4-7-13/h2-4,6-7,12,17H,5,8-11H2,1H3,(H2,15,16,18). The molecule has 1 aromatic carbocycles. The van der Waals surface area contributed by atoms with Gasteiger partial charge in [0.25, 0.3) is 0 Å². The number of hydrogen-bond acceptors (Lipinski definition) is 2. The lowest BCUT2D eigenvalue weighted by molar-refractivity contribution is 0.234. The maximum atomic E-state index is 11.4. The predicted octanol–water partition coefficient (Wildman–Crippen LogP) is 1.69. The zero-order chi connectivity index (χ0) is 13.2. The molecule has 0 spiro atoms. The van der Waals surface area contributed by atoms with Crippen molar-refractivity contribution in [3.8, 4) is 0 Å². The summed E-state index contributed by atoms with van der Waals surface area (Å²) in [6.45, 7) is 2.60. The van der Waals surface area contributed by atoms with Gasteiger partial charge < -0.3 is 15.7 Å². The highest BCUT2D eigenvalue weighted by Crippen LogP contribution is 2.04. The summed E-state index contributed by atoms with van der Waals surface area (Å²) < 4.78 is 0. The first-order chi connectivity index (χ1) is 8.72. The number of benzene rings is 1. The molecule has 4 heteroatoms. The molecular weight excluding hydrogens is 228 g/mol. The van der Waals surface area contributed by atoms with Gasteiger partial charge in [-0.25, -0.2) is 4.79 Å². The number of aliphatic hydroxyl groups excluding tert-OH is 1. The minimum Gasteiger partial charge on any atom is -0.396 e. The Bertz CT molecular complexity index is 341. The first-order valence-corrected chi connectivity index (χ1v) is 6.41. The van der Waals surface area contributed by atoms with Crippen molar-refractivity contribution >= 4 is 6.03 Å². The van der Waals surface area contributed by atoms with Gasteiger partial charge in [-0.05, 0) is 31.7 Å². The number of carbonyl (C=O) groups is 1. The lowest BCUT2D eigenvalue weighted by Gasteiger charge is -2.14. The molecule has 1 rings (SSSR count). The SMILES string of the molecule is CC(CCc1ccccc1)NC(=O)NCCCO. The minimum absolute atomic E-state index is 0.101. The van der Waals surface area contributed by atoms with Crippen LogP contribution in [-0.2, 0) is 6.42 Å². The van der Waals surface area contributed by atoms with Crippen molar-refractivity contribution in [2.75, 3.05) is 13.2 Å². The predicted molar refractivity (Wildman–Crippen MR) is 72.5 cm³/mol. The van der Waals surface area contributed by atoms with Crippen molar-refractivity contribution < 1.29 is 9.90 Å². The second kappa shape index (κ2) is 8.53. The summed E-state index contributed by atoms with van der Waals surface area (Å²) in [4.78, 5) is 11.4. The molecule has 0 saturated heterocycles. The number of aryl methyl sites for hydroxylation is 1. The Kier molecular flexibility index (Phi) is 6.87. The second-order valence-corrected chi connectivity index (χ2v) is 4.40. The third-order valence-corrected chi connectivity index (χ3v) is 2.71. The quantitative estimate of drug-likeness (QED) is 0.645. The van der Waals surface area contributed by atoms with Gasteiger partial charge in [0.05, 0.1) is 0 Å². The molecular formula is C14H22N2O2. The number of carbonyl (C=O) groups excluding carboxylic acids is 1. The molecule has 0 aliphatic carbocycles. The van der Waals surface area contributed by atoms with Crippen molar-refractivity contribution in [1.29, 1.82) is 0 Å². The molecule has 0 radical (unpaired) electrons. The summed E-state index contributed by atoms with van der Waals surface area (Å²) in [7, 11) is 0. The van der Waals surface area contributed by atoms with Gasteiger partial charge in [-0.1, -0.05) is 30.3 Å². The molecule has 0 aliphatic heterocycles. The first-order valence-electron chi connectivity index (χ1n) is 6.41. The van der Waals surface area contributed by atoms with Gasteiger partial charge in [-0.3, -0.25) is 0 Å². The maximum absolute atomic E-state index is 11.4. The van der Waals surface area contributed by atoms with Crippen LogP contribution in [0.15, 0.2) is 30.3 Å². The molecule has 0 aliphatic rings. The fourth-order valence-corrected chi connectivity index (χ4v) is 1.66. The minimum atomic E-state index is -0.163. The largest absolute Gasteiger partial charge is 0.396 e. The average Bonchev–Trinajstić information content (AvgIpc) is 2.38. The summed E-state index contributed by atoms with van der Waals surface area (Å²) in [6, 6.07) is 10.2. The van der Waals surface area contributed by atoms with Crippen LogP contribution in [0.25, 0.3) is 0 Å². The molecule has 18 heavy (non-hydrogen) atoms. The van der Waals surface area contributed by atoms with Gasteiger partial charge in [0, 0.05) is 19.2 Å². The number of hydrogen-bond donors (Lipinski definition) is 3. The molecule has 1 aromatic rings. The van der Waals surface area contributed by atoms with Crippen molar-refractivity contribution in [2.24, 2.45) is 0 Å². The Morgan fingerprint density at radius 1 is 1.33 bits per heavy atom. The lowest BCUT2D eigenvalue weighted by Crippen LogP contribution is -2.41. The number of aliphatic hydroxyl groups is 1. The number of amides is 2. The molecule has 1 unspecified atom stereocenters. The lowest BCUT2D eigenvalue weighted by atomic mass is 10.1. The highest BCUT2D eigenvalue weighted by atomic mass is 16.3. The Labute approximate surface area is 108 Å². The Hall–Kier alpha value is -1.55. The van der Waals surface area contributed by atoms with Crippen molar-refractivity contribution in [1.82, 2.24) is 10.6 Å². The molecule has 2 amide bonds. The summed E-state index contributed by atoms with van der Waals surface area (Å²) in [6.07, 6.45) is 2.46. The molecule has 0 fully saturated rings. The topological polar surface area (TPSA) is 61.4 Å². The molecule has 4 nitrogen and oxygen atoms in total. The molecule has 3 N–H and O–H groups in total. The third-order valence-electron chi connectivity index (χ3n) is 2.71. The molecule has 0 saturated carbocycles. The molecule has 1 atom stereocenters. The van der Waals surface area contributed by atoms with E-state index in [-0.39, 0.29) is 18.7 Å². The van der Waals surface area contributed by atoms with E-state index in [9.17, 15) is 4.79 Å². The van der Waals surface area contributed by atoms with E-state index >= 15 is 0 Å². The number of urea groups is 1. The number of rotatable bonds is 7. The zero-order valence-electron chi connectivity index (χ0n) is 10.9. The molecule has 0 aromatic heterocycles. The van der Waals surface area contributed by atoms with Gasteiger partial charge >= 0.3 is 6.03 Å². The third kappa shape index (κ3) is 6.25. The second-order valence-electron chi connectivity index (χ2n) is 4.40. The highest BCUT2D eigenvalue weighted by molar-refractivity contribution is 5.74. The van der Waals surface area contributed by atoms with Gasteiger partial charge in [-0.2, -0.15) is 0 Å². The van der Waals surface area contributed by atoms with E-state index in [2.05, 4.69) is 22.8 Å². The Morgan fingerprint density at radius 3 is 2.72 bits per heavy atom. The van der Waals surface area contributed by atoms with E-state index in [4.69, 9.17) is 5.11 Å². The van der Waals surface area contributed by atoms with Gasteiger partial charge in [0.1, 0.15) is 0 Å². The van der Waals surface area contributed by atoms with Crippen molar-refractivity contribution in [3.63, 3.8) is 0 Å². The van der Waals surface area contributed by atoms with Crippen LogP contribution in [0, 0.1) is 0 Å². The monoisotopic (exact) mass is 250 g/mol. The Balaban J connectivity index is 2.17. The van der Waals surface area contributed by atoms with Crippen molar-refractivity contribution in [3.05, 3.63) is 35.9 Å². The van der Waals surface area contributed by atoms with E-state index < -0.39 is 0 Å². The highest BCUT2D eigenvalue weighted by Gasteiger charge is 2.06. The van der Waals surface area contributed by atoms with E-state index in [1.807, 2.05) is 25.1 Å². The summed E-state index contributed by atoms with van der Waals surface area (Å²) in [5.74, 6) is 0. The van der Waals surface area contributed by atoms with Crippen LogP contribution in [0.5, 0.6) is 0 Å². The van der Waals surface area contributed by atoms with Crippen LogP contribution in [0.4, 0.5) is 4.79 Å². The van der Waals surface area contributed by atoms with Crippen LogP contribution in [0.3, 0.4) is 0 Å². The average molecular weight is 250 g/mol. The molecule has 0 heterocycles. The van der Waals surface area contributed by atoms with Crippen LogP contribution in [0.1, 0.15) is 25.3 Å². The van der Waals surface area contributed by atoms with E-state index in [1.54, 1.807) is 0 Å². The zero-order valence-corrected chi connectivity index (χ0v) is 10.9. The van der Waals surface area contributed by atoms with E-state index in [0.717, 1.165) is 12.8 Å². The fourth-order valence-electron chi connectivity index (χ4n) is 1.66. The molecule has 100 valence electrons. The summed E-state index contributed by atoms with van der Waals surface area (Å²) >= 11 is 0. The van der Waals surface area contributed by atoms with Gasteiger partial charge in [-0.15, -0.1) is 0 Å². The summed E-state index contributed by atoms with van der Waals surface area (Å²) in [5.41, 5.74) is 1.28. The normalized spacial score (nSPS) is 11.9. The first kappa shape index (κ1) is 14.5. The van der Waals surface area contributed by atoms with E-state index in [1.165, 1.54) is 5.56 Å². The van der Waals surface area contributed by atoms with Crippen LogP contribution >= 0.6 is 0 Å². The fraction of sp³-hybridized carbons (Fsp3) is 0.500.